The normalized spacial score (nSPS) is 18.0. The molecule has 57 heavy (non-hydrogen) atoms. The van der Waals surface area contributed by atoms with Crippen LogP contribution in [0.4, 0.5) is 0 Å². The lowest BCUT2D eigenvalue weighted by Crippen LogP contribution is -2.59. The molecule has 6 aromatic carbocycles. The highest BCUT2D eigenvalue weighted by molar-refractivity contribution is 9.10. The van der Waals surface area contributed by atoms with Gasteiger partial charge in [-0.1, -0.05) is 148 Å². The number of fused-ring (bicyclic) bond motifs is 1. The third-order valence-electron chi connectivity index (χ3n) is 11.4. The molecule has 0 radical (unpaired) electrons. The van der Waals surface area contributed by atoms with Crippen molar-refractivity contribution in [3.63, 3.8) is 0 Å². The molecule has 0 saturated carbocycles. The molecule has 1 aliphatic heterocycles. The lowest BCUT2D eigenvalue weighted by molar-refractivity contribution is -0.0877. The van der Waals surface area contributed by atoms with Crippen LogP contribution in [-0.2, 0) is 30.5 Å². The van der Waals surface area contributed by atoms with Crippen LogP contribution in [0.15, 0.2) is 150 Å². The summed E-state index contributed by atoms with van der Waals surface area (Å²) in [5.74, 6) is 1.03. The highest BCUT2D eigenvalue weighted by Crippen LogP contribution is 2.61. The maximum atomic E-state index is 11.1. The van der Waals surface area contributed by atoms with Crippen molar-refractivity contribution >= 4 is 24.2 Å². The zero-order chi connectivity index (χ0) is 40.2. The van der Waals surface area contributed by atoms with Gasteiger partial charge in [0.15, 0.2) is 25.9 Å². The Morgan fingerprint density at radius 3 is 1.68 bits per heavy atom. The molecule has 6 nitrogen and oxygen atoms in total. The van der Waals surface area contributed by atoms with Crippen molar-refractivity contribution in [3.05, 3.63) is 183 Å². The lowest BCUT2D eigenvalue weighted by atomic mass is 9.68. The van der Waals surface area contributed by atoms with Crippen molar-refractivity contribution in [3.8, 4) is 28.7 Å². The highest BCUT2D eigenvalue weighted by atomic mass is 79.9. The van der Waals surface area contributed by atoms with E-state index < -0.39 is 20.0 Å². The summed E-state index contributed by atoms with van der Waals surface area (Å²) < 4.78 is 29.6. The van der Waals surface area contributed by atoms with Crippen LogP contribution in [0.25, 0.3) is 0 Å². The molecule has 0 saturated heterocycles. The first kappa shape index (κ1) is 40.2. The minimum atomic E-state index is -2.63. The summed E-state index contributed by atoms with van der Waals surface area (Å²) in [7, 11) is -2.63. The van der Waals surface area contributed by atoms with Gasteiger partial charge >= 0.3 is 0 Å². The summed E-state index contributed by atoms with van der Waals surface area (Å²) in [4.78, 5) is 0. The van der Waals surface area contributed by atoms with Gasteiger partial charge in [-0.2, -0.15) is 0 Å². The van der Waals surface area contributed by atoms with Crippen LogP contribution in [0, 0.1) is 0 Å². The van der Waals surface area contributed by atoms with Gasteiger partial charge < -0.3 is 28.8 Å². The number of halogens is 1. The quantitative estimate of drug-likeness (QED) is 0.0891. The van der Waals surface area contributed by atoms with Crippen LogP contribution >= 0.6 is 15.9 Å². The first-order valence-electron chi connectivity index (χ1n) is 19.5. The number of rotatable bonds is 13. The Hall–Kier alpha value is -5.02. The number of hydrogen-bond acceptors (Lipinski definition) is 6. The van der Waals surface area contributed by atoms with Crippen LogP contribution in [0.1, 0.15) is 66.2 Å². The second-order valence-corrected chi connectivity index (χ2v) is 22.0. The number of phenolic OH excluding ortho intramolecular Hbond substituents is 2. The third-order valence-corrected chi connectivity index (χ3v) is 16.7. The maximum Gasteiger partial charge on any atom is 0.193 e. The molecule has 1 heterocycles. The number of ether oxygens (including phenoxy) is 3. The first-order chi connectivity index (χ1) is 27.3. The molecule has 8 heteroatoms. The second kappa shape index (κ2) is 16.8. The van der Waals surface area contributed by atoms with Crippen molar-refractivity contribution in [2.24, 2.45) is 0 Å². The number of aromatic hydroxyl groups is 2. The largest absolute Gasteiger partial charge is 0.504 e. The number of benzene rings is 6. The molecule has 0 spiro atoms. The minimum absolute atomic E-state index is 0.168. The van der Waals surface area contributed by atoms with E-state index in [4.69, 9.17) is 18.6 Å². The van der Waals surface area contributed by atoms with Gasteiger partial charge in [-0.3, -0.25) is 0 Å². The molecule has 2 N–H and O–H groups in total. The summed E-state index contributed by atoms with van der Waals surface area (Å²) in [6, 6.07) is 48.1. The topological polar surface area (TPSA) is 77.4 Å². The Labute approximate surface area is 346 Å². The molecule has 294 valence electrons. The molecule has 0 aromatic heterocycles. The first-order valence-corrected chi connectivity index (χ1v) is 23.2. The summed E-state index contributed by atoms with van der Waals surface area (Å²) in [6.07, 6.45) is 0.339. The molecular formula is C49H51BrO6Si. The average molecular weight is 844 g/mol. The molecule has 0 bridgehead atoms. The molecule has 0 fully saturated rings. The zero-order valence-corrected chi connectivity index (χ0v) is 35.8. The van der Waals surface area contributed by atoms with Gasteiger partial charge in [0, 0.05) is 24.0 Å². The fourth-order valence-corrected chi connectivity index (χ4v) is 9.60. The van der Waals surface area contributed by atoms with E-state index in [1.165, 1.54) is 6.07 Å². The van der Waals surface area contributed by atoms with E-state index in [0.29, 0.717) is 53.3 Å². The number of hydrogen-bond donors (Lipinski definition) is 2. The van der Waals surface area contributed by atoms with E-state index in [1.54, 1.807) is 6.07 Å². The van der Waals surface area contributed by atoms with Crippen LogP contribution in [0.2, 0.25) is 18.1 Å². The van der Waals surface area contributed by atoms with Crippen molar-refractivity contribution in [1.82, 2.24) is 0 Å². The molecule has 7 rings (SSSR count). The second-order valence-electron chi connectivity index (χ2n) is 16.4. The van der Waals surface area contributed by atoms with Crippen LogP contribution in [-0.4, -0.2) is 24.1 Å². The van der Waals surface area contributed by atoms with Gasteiger partial charge in [0.1, 0.15) is 40.5 Å². The Balaban J connectivity index is 1.53. The Bertz CT molecular complexity index is 2260. The van der Waals surface area contributed by atoms with Gasteiger partial charge in [0.25, 0.3) is 0 Å². The third kappa shape index (κ3) is 8.79. The van der Waals surface area contributed by atoms with Gasteiger partial charge in [0.05, 0.1) is 0 Å². The molecule has 0 aliphatic carbocycles. The van der Waals surface area contributed by atoms with E-state index in [-0.39, 0.29) is 22.5 Å². The van der Waals surface area contributed by atoms with E-state index in [2.05, 4.69) is 110 Å². The molecule has 6 aromatic rings. The predicted octanol–water partition coefficient (Wildman–Crippen LogP) is 12.5. The van der Waals surface area contributed by atoms with Gasteiger partial charge in [-0.15, -0.1) is 0 Å². The fraction of sp³-hybridized carbons (Fsp3) is 0.265. The summed E-state index contributed by atoms with van der Waals surface area (Å²) in [5, 5.41) is 21.5. The minimum Gasteiger partial charge on any atom is -0.504 e. The van der Waals surface area contributed by atoms with Crippen molar-refractivity contribution in [2.45, 2.75) is 82.6 Å². The maximum absolute atomic E-state index is 11.1. The summed E-state index contributed by atoms with van der Waals surface area (Å²) in [5.41, 5.74) is 4.78. The SMILES string of the molecule is CC(C)(C)[Si](C)(C)O[C@@]1(Cc2ccccc2)C(Cc2ccccc2)c2c(OCc3ccccc3)cc(OCc3ccccc3)c(Br)c2O[C@@H]1c1ccc(O)c(O)c1. The molecule has 1 aliphatic rings. The average Bonchev–Trinajstić information content (AvgIpc) is 3.20. The predicted molar refractivity (Wildman–Crippen MR) is 233 cm³/mol. The smallest absolute Gasteiger partial charge is 0.193 e. The van der Waals surface area contributed by atoms with Gasteiger partial charge in [0.2, 0.25) is 0 Å². The molecule has 3 atom stereocenters. The van der Waals surface area contributed by atoms with Crippen LogP contribution < -0.4 is 14.2 Å². The Morgan fingerprint density at radius 2 is 1.16 bits per heavy atom. The summed E-state index contributed by atoms with van der Waals surface area (Å²) >= 11 is 3.98. The van der Waals surface area contributed by atoms with Gasteiger partial charge in [-0.05, 0) is 80.4 Å². The Kier molecular flexibility index (Phi) is 11.9. The van der Waals surface area contributed by atoms with Crippen LogP contribution in [0.3, 0.4) is 0 Å². The van der Waals surface area contributed by atoms with Crippen molar-refractivity contribution in [1.29, 1.82) is 0 Å². The zero-order valence-electron chi connectivity index (χ0n) is 33.2. The Morgan fingerprint density at radius 1 is 0.649 bits per heavy atom. The van der Waals surface area contributed by atoms with Crippen molar-refractivity contribution in [2.75, 3.05) is 0 Å². The fourth-order valence-electron chi connectivity index (χ4n) is 7.49. The monoisotopic (exact) mass is 842 g/mol. The van der Waals surface area contributed by atoms with E-state index in [9.17, 15) is 10.2 Å². The highest BCUT2D eigenvalue weighted by Gasteiger charge is 2.58. The van der Waals surface area contributed by atoms with Crippen LogP contribution in [0.5, 0.6) is 28.7 Å². The lowest BCUT2D eigenvalue weighted by Gasteiger charge is -2.55. The molecule has 1 unspecified atom stereocenters. The summed E-state index contributed by atoms with van der Waals surface area (Å²) in [6.45, 7) is 12.0. The molecule has 0 amide bonds. The number of phenols is 2. The van der Waals surface area contributed by atoms with E-state index >= 15 is 0 Å². The van der Waals surface area contributed by atoms with Gasteiger partial charge in [-0.25, -0.2) is 0 Å². The van der Waals surface area contributed by atoms with E-state index in [0.717, 1.165) is 27.8 Å². The standard InChI is InChI=1S/C49H51BrO6Si/c1-48(2,3)57(4,5)56-49(31-35-20-12-7-13-21-35)39(28-34-18-10-6-11-19-34)44-42(53-32-36-22-14-8-15-23-36)30-43(54-33-37-24-16-9-17-25-37)45(50)46(44)55-47(49)38-26-27-40(51)41(52)29-38/h6-27,29-30,39,47,51-52H,28,31-33H2,1-5H3/t39?,47-,49+/m1/s1. The van der Waals surface area contributed by atoms with Crippen molar-refractivity contribution < 1.29 is 28.8 Å². The van der Waals surface area contributed by atoms with E-state index in [1.807, 2.05) is 72.8 Å². The molecular weight excluding hydrogens is 793 g/mol.